The molecule has 0 amide bonds. The fraction of sp³-hybridized carbons (Fsp3) is 0. The second-order valence-corrected chi connectivity index (χ2v) is 3.74. The quantitative estimate of drug-likeness (QED) is 0.653. The molecule has 3 aromatic rings. The summed E-state index contributed by atoms with van der Waals surface area (Å²) in [4.78, 5) is 4.31. The number of pyridine rings is 1. The highest BCUT2D eigenvalue weighted by Gasteiger charge is 2.10. The minimum atomic E-state index is 0.816. The average molecular weight is 221 g/mol. The molecule has 2 aromatic heterocycles. The minimum absolute atomic E-state index is 0.816. The Kier molecular flexibility index (Phi) is 2.47. The standard InChI is InChI=1S/C15H11NO/c1-2-6-12(7-3-1)13-9-11-17-15(13)14-8-4-5-10-16-14/h1-11H. The Balaban J connectivity index is 2.13. The molecule has 3 rings (SSSR count). The smallest absolute Gasteiger partial charge is 0.160 e. The third-order valence-electron chi connectivity index (χ3n) is 2.65. The van der Waals surface area contributed by atoms with Gasteiger partial charge in [0.25, 0.3) is 0 Å². The molecule has 0 saturated heterocycles. The van der Waals surface area contributed by atoms with Gasteiger partial charge in [-0.2, -0.15) is 0 Å². The summed E-state index contributed by atoms with van der Waals surface area (Å²) >= 11 is 0. The molecule has 82 valence electrons. The molecule has 0 aliphatic carbocycles. The highest BCUT2D eigenvalue weighted by atomic mass is 16.3. The van der Waals surface area contributed by atoms with Crippen molar-refractivity contribution in [2.75, 3.05) is 0 Å². The summed E-state index contributed by atoms with van der Waals surface area (Å²) in [5.41, 5.74) is 3.07. The van der Waals surface area contributed by atoms with E-state index in [1.54, 1.807) is 12.5 Å². The van der Waals surface area contributed by atoms with Gasteiger partial charge in [-0.25, -0.2) is 0 Å². The van der Waals surface area contributed by atoms with E-state index in [2.05, 4.69) is 17.1 Å². The molecule has 17 heavy (non-hydrogen) atoms. The summed E-state index contributed by atoms with van der Waals surface area (Å²) in [5, 5.41) is 0. The zero-order chi connectivity index (χ0) is 11.5. The van der Waals surface area contributed by atoms with Gasteiger partial charge in [-0.1, -0.05) is 36.4 Å². The third kappa shape index (κ3) is 1.85. The molecule has 0 aliphatic rings. The highest BCUT2D eigenvalue weighted by molar-refractivity contribution is 5.77. The normalized spacial score (nSPS) is 10.4. The number of hydrogen-bond acceptors (Lipinski definition) is 2. The van der Waals surface area contributed by atoms with Crippen molar-refractivity contribution >= 4 is 0 Å². The Morgan fingerprint density at radius 2 is 1.65 bits per heavy atom. The van der Waals surface area contributed by atoms with Crippen LogP contribution in [0.25, 0.3) is 22.6 Å². The third-order valence-corrected chi connectivity index (χ3v) is 2.65. The molecule has 0 spiro atoms. The second-order valence-electron chi connectivity index (χ2n) is 3.74. The van der Waals surface area contributed by atoms with Gasteiger partial charge in [-0.15, -0.1) is 0 Å². The summed E-state index contributed by atoms with van der Waals surface area (Å²) < 4.78 is 5.54. The molecule has 2 nitrogen and oxygen atoms in total. The molecule has 0 N–H and O–H groups in total. The molecular weight excluding hydrogens is 210 g/mol. The monoisotopic (exact) mass is 221 g/mol. The lowest BCUT2D eigenvalue weighted by atomic mass is 10.1. The zero-order valence-electron chi connectivity index (χ0n) is 9.21. The molecule has 0 saturated carbocycles. The second kappa shape index (κ2) is 4.26. The van der Waals surface area contributed by atoms with Crippen LogP contribution < -0.4 is 0 Å². The summed E-state index contributed by atoms with van der Waals surface area (Å²) in [5.74, 6) is 0.816. The van der Waals surface area contributed by atoms with Crippen molar-refractivity contribution in [3.05, 3.63) is 67.1 Å². The van der Waals surface area contributed by atoms with Crippen LogP contribution in [0.5, 0.6) is 0 Å². The van der Waals surface area contributed by atoms with E-state index in [4.69, 9.17) is 4.42 Å². The topological polar surface area (TPSA) is 26.0 Å². The van der Waals surface area contributed by atoms with Gasteiger partial charge in [0.2, 0.25) is 0 Å². The van der Waals surface area contributed by atoms with Gasteiger partial charge in [-0.05, 0) is 23.8 Å². The first-order valence-corrected chi connectivity index (χ1v) is 5.49. The maximum absolute atomic E-state index is 5.54. The summed E-state index contributed by atoms with van der Waals surface area (Å²) in [6, 6.07) is 18.0. The van der Waals surface area contributed by atoms with Crippen LogP contribution in [0, 0.1) is 0 Å². The summed E-state index contributed by atoms with van der Waals surface area (Å²) in [7, 11) is 0. The van der Waals surface area contributed by atoms with Crippen LogP contribution in [-0.2, 0) is 0 Å². The largest absolute Gasteiger partial charge is 0.462 e. The number of nitrogens with zero attached hydrogens (tertiary/aromatic N) is 1. The van der Waals surface area contributed by atoms with E-state index in [0.717, 1.165) is 22.6 Å². The van der Waals surface area contributed by atoms with E-state index < -0.39 is 0 Å². The molecule has 0 radical (unpaired) electrons. The Labute approximate surface area is 99.6 Å². The van der Waals surface area contributed by atoms with E-state index in [9.17, 15) is 0 Å². The first-order chi connectivity index (χ1) is 8.45. The van der Waals surface area contributed by atoms with Crippen molar-refractivity contribution in [3.63, 3.8) is 0 Å². The number of benzene rings is 1. The Morgan fingerprint density at radius 3 is 2.41 bits per heavy atom. The molecular formula is C15H11NO. The van der Waals surface area contributed by atoms with Gasteiger partial charge in [0.1, 0.15) is 5.69 Å². The molecule has 0 fully saturated rings. The van der Waals surface area contributed by atoms with E-state index in [-0.39, 0.29) is 0 Å². The molecule has 0 aliphatic heterocycles. The van der Waals surface area contributed by atoms with Crippen molar-refractivity contribution in [1.29, 1.82) is 0 Å². The van der Waals surface area contributed by atoms with Crippen molar-refractivity contribution < 1.29 is 4.42 Å². The minimum Gasteiger partial charge on any atom is -0.462 e. The van der Waals surface area contributed by atoms with Crippen LogP contribution in [0.4, 0.5) is 0 Å². The zero-order valence-corrected chi connectivity index (χ0v) is 9.21. The lowest BCUT2D eigenvalue weighted by Crippen LogP contribution is -1.82. The highest BCUT2D eigenvalue weighted by Crippen LogP contribution is 2.31. The average Bonchev–Trinajstić information content (AvgIpc) is 2.90. The molecule has 0 unspecified atom stereocenters. The summed E-state index contributed by atoms with van der Waals surface area (Å²) in [6.07, 6.45) is 3.47. The van der Waals surface area contributed by atoms with E-state index in [1.807, 2.05) is 42.5 Å². The van der Waals surface area contributed by atoms with E-state index in [1.165, 1.54) is 0 Å². The summed E-state index contributed by atoms with van der Waals surface area (Å²) in [6.45, 7) is 0. The molecule has 2 heterocycles. The van der Waals surface area contributed by atoms with E-state index in [0.29, 0.717) is 0 Å². The van der Waals surface area contributed by atoms with Crippen molar-refractivity contribution in [2.45, 2.75) is 0 Å². The van der Waals surface area contributed by atoms with Crippen LogP contribution in [0.1, 0.15) is 0 Å². The SMILES string of the molecule is c1ccc(-c2ccoc2-c2ccccn2)cc1. The first-order valence-electron chi connectivity index (χ1n) is 5.49. The lowest BCUT2D eigenvalue weighted by Gasteiger charge is -2.01. The molecule has 0 atom stereocenters. The number of hydrogen-bond donors (Lipinski definition) is 0. The van der Waals surface area contributed by atoms with Crippen molar-refractivity contribution in [2.24, 2.45) is 0 Å². The predicted molar refractivity (Wildman–Crippen MR) is 67.4 cm³/mol. The van der Waals surface area contributed by atoms with Gasteiger partial charge >= 0.3 is 0 Å². The lowest BCUT2D eigenvalue weighted by molar-refractivity contribution is 0.580. The van der Waals surface area contributed by atoms with Crippen LogP contribution in [0.3, 0.4) is 0 Å². The van der Waals surface area contributed by atoms with Gasteiger partial charge in [-0.3, -0.25) is 4.98 Å². The Hall–Kier alpha value is -2.35. The van der Waals surface area contributed by atoms with Gasteiger partial charge in [0.15, 0.2) is 5.76 Å². The number of aromatic nitrogens is 1. The maximum Gasteiger partial charge on any atom is 0.160 e. The van der Waals surface area contributed by atoms with Gasteiger partial charge in [0, 0.05) is 11.8 Å². The van der Waals surface area contributed by atoms with Crippen LogP contribution in [0.15, 0.2) is 71.5 Å². The van der Waals surface area contributed by atoms with Crippen LogP contribution in [0.2, 0.25) is 0 Å². The van der Waals surface area contributed by atoms with Crippen molar-refractivity contribution in [1.82, 2.24) is 4.98 Å². The van der Waals surface area contributed by atoms with Crippen molar-refractivity contribution in [3.8, 4) is 22.6 Å². The Bertz CT molecular complexity index is 545. The van der Waals surface area contributed by atoms with Crippen LogP contribution in [-0.4, -0.2) is 4.98 Å². The van der Waals surface area contributed by atoms with E-state index >= 15 is 0 Å². The van der Waals surface area contributed by atoms with Crippen LogP contribution >= 0.6 is 0 Å². The predicted octanol–water partition coefficient (Wildman–Crippen LogP) is 4.01. The first kappa shape index (κ1) is 9.85. The molecule has 0 bridgehead atoms. The fourth-order valence-corrected chi connectivity index (χ4v) is 1.85. The Morgan fingerprint density at radius 1 is 0.824 bits per heavy atom. The fourth-order valence-electron chi connectivity index (χ4n) is 1.85. The molecule has 2 heteroatoms. The van der Waals surface area contributed by atoms with Gasteiger partial charge < -0.3 is 4.42 Å². The molecule has 1 aromatic carbocycles. The maximum atomic E-state index is 5.54. The number of rotatable bonds is 2. The van der Waals surface area contributed by atoms with Gasteiger partial charge in [0.05, 0.1) is 6.26 Å². The number of furan rings is 1.